The van der Waals surface area contributed by atoms with Gasteiger partial charge >= 0.3 is 6.03 Å². The largest absolute Gasteiger partial charge is 0.377 e. The fourth-order valence-corrected chi connectivity index (χ4v) is 4.06. The van der Waals surface area contributed by atoms with Crippen molar-refractivity contribution < 1.29 is 9.59 Å². The molecule has 1 aliphatic rings. The number of Topliss-reactive ketones (excluding diaryl/α,β-unsaturated/α-hetero) is 1. The van der Waals surface area contributed by atoms with E-state index in [1.165, 1.54) is 0 Å². The lowest BCUT2D eigenvalue weighted by Crippen LogP contribution is -2.34. The highest BCUT2D eigenvalue weighted by atomic mass is 79.9. The van der Waals surface area contributed by atoms with Crippen molar-refractivity contribution in [1.82, 2.24) is 5.43 Å². The van der Waals surface area contributed by atoms with E-state index in [1.54, 1.807) is 30.3 Å². The van der Waals surface area contributed by atoms with Crippen LogP contribution in [0.1, 0.15) is 28.4 Å². The summed E-state index contributed by atoms with van der Waals surface area (Å²) < 4.78 is 1.03. The molecule has 0 saturated carbocycles. The maximum absolute atomic E-state index is 12.2. The number of ketones is 1. The fraction of sp³-hybridized carbons (Fsp3) is 0.0909. The zero-order valence-corrected chi connectivity index (χ0v) is 20.3. The molecule has 0 saturated heterocycles. The number of benzene rings is 3. The zero-order valence-electron chi connectivity index (χ0n) is 16.5. The van der Waals surface area contributed by atoms with Gasteiger partial charge in [-0.15, -0.1) is 0 Å². The molecule has 0 spiro atoms. The number of fused-ring (bicyclic) bond motifs is 1. The van der Waals surface area contributed by atoms with Crippen LogP contribution in [0.15, 0.2) is 65.1 Å². The van der Waals surface area contributed by atoms with E-state index in [-0.39, 0.29) is 11.8 Å². The summed E-state index contributed by atoms with van der Waals surface area (Å²) in [6.07, 6.45) is 0.453. The van der Waals surface area contributed by atoms with Crippen molar-refractivity contribution in [2.45, 2.75) is 12.5 Å². The number of hydrogen-bond donors (Lipinski definition) is 4. The predicted octanol–water partition coefficient (Wildman–Crippen LogP) is 6.83. The minimum Gasteiger partial charge on any atom is -0.377 e. The number of nitrogens with one attached hydrogen (secondary N) is 3. The van der Waals surface area contributed by atoms with Crippen LogP contribution in [-0.2, 0) is 0 Å². The highest BCUT2D eigenvalue weighted by Crippen LogP contribution is 2.34. The van der Waals surface area contributed by atoms with Gasteiger partial charge in [-0.1, -0.05) is 62.9 Å². The number of anilines is 2. The number of nitrogens with two attached hydrogens (primary N) is 1. The monoisotopic (exact) mass is 554 g/mol. The van der Waals surface area contributed by atoms with Crippen molar-refractivity contribution in [2.24, 2.45) is 5.84 Å². The molecule has 0 radical (unpaired) electrons. The molecule has 0 aromatic heterocycles. The molecular weight excluding hydrogens is 539 g/mol. The molecule has 0 bridgehead atoms. The average Bonchev–Trinajstić information content (AvgIpc) is 2.74. The smallest absolute Gasteiger partial charge is 0.333 e. The van der Waals surface area contributed by atoms with Gasteiger partial charge in [0.25, 0.3) is 0 Å². The summed E-state index contributed by atoms with van der Waals surface area (Å²) in [6, 6.07) is 17.6. The van der Waals surface area contributed by atoms with Gasteiger partial charge in [-0.05, 0) is 54.1 Å². The van der Waals surface area contributed by atoms with Crippen LogP contribution in [0.4, 0.5) is 16.2 Å². The van der Waals surface area contributed by atoms with E-state index in [0.29, 0.717) is 32.7 Å². The molecule has 10 heteroatoms. The number of urea groups is 1. The number of carbonyl (C=O) groups excluding carboxylic acids is 2. The molecular formula is C22H18BrCl3N4O2. The van der Waals surface area contributed by atoms with Crippen LogP contribution in [0.3, 0.4) is 0 Å². The third-order valence-corrected chi connectivity index (χ3v) is 5.73. The molecule has 6 nitrogen and oxygen atoms in total. The SMILES string of the molecule is NNC(=O)Nc1cc(Cl)cc(Cl)c1.O=C1CC(c2ccc(Br)cc2)Nc2ccc(Cl)cc21. The van der Waals surface area contributed by atoms with Crippen molar-refractivity contribution in [3.05, 3.63) is 91.3 Å². The Labute approximate surface area is 208 Å². The van der Waals surface area contributed by atoms with Gasteiger partial charge in [-0.3, -0.25) is 10.2 Å². The lowest BCUT2D eigenvalue weighted by molar-refractivity contribution is 0.0972. The number of rotatable bonds is 2. The van der Waals surface area contributed by atoms with E-state index in [4.69, 9.17) is 40.6 Å². The maximum atomic E-state index is 12.2. The van der Waals surface area contributed by atoms with Crippen molar-refractivity contribution in [1.29, 1.82) is 0 Å². The first-order chi connectivity index (χ1) is 15.2. The number of hydrogen-bond acceptors (Lipinski definition) is 4. The fourth-order valence-electron chi connectivity index (χ4n) is 3.10. The van der Waals surface area contributed by atoms with Gasteiger partial charge in [-0.2, -0.15) is 0 Å². The zero-order chi connectivity index (χ0) is 23.3. The Kier molecular flexibility index (Phi) is 8.39. The Balaban J connectivity index is 0.000000195. The highest BCUT2D eigenvalue weighted by Gasteiger charge is 2.25. The molecule has 1 unspecified atom stereocenters. The molecule has 0 fully saturated rings. The van der Waals surface area contributed by atoms with E-state index in [2.05, 4.69) is 26.6 Å². The van der Waals surface area contributed by atoms with Crippen LogP contribution >= 0.6 is 50.7 Å². The van der Waals surface area contributed by atoms with Gasteiger partial charge in [0.1, 0.15) is 0 Å². The van der Waals surface area contributed by atoms with Crippen molar-refractivity contribution >= 4 is 73.9 Å². The lowest BCUT2D eigenvalue weighted by Gasteiger charge is -2.26. The van der Waals surface area contributed by atoms with E-state index >= 15 is 0 Å². The van der Waals surface area contributed by atoms with Crippen molar-refractivity contribution in [3.63, 3.8) is 0 Å². The van der Waals surface area contributed by atoms with Gasteiger partial charge in [-0.25, -0.2) is 10.6 Å². The first kappa shape index (κ1) is 24.4. The van der Waals surface area contributed by atoms with E-state index < -0.39 is 6.03 Å². The third kappa shape index (κ3) is 6.60. The molecule has 166 valence electrons. The van der Waals surface area contributed by atoms with Gasteiger partial charge in [0, 0.05) is 42.9 Å². The molecule has 1 heterocycles. The maximum Gasteiger partial charge on any atom is 0.333 e. The quantitative estimate of drug-likeness (QED) is 0.158. The van der Waals surface area contributed by atoms with E-state index in [1.807, 2.05) is 35.8 Å². The summed E-state index contributed by atoms with van der Waals surface area (Å²) in [6.45, 7) is 0. The van der Waals surface area contributed by atoms with E-state index in [0.717, 1.165) is 15.7 Å². The highest BCUT2D eigenvalue weighted by molar-refractivity contribution is 9.10. The number of hydrazine groups is 1. The predicted molar refractivity (Wildman–Crippen MR) is 134 cm³/mol. The molecule has 0 aliphatic carbocycles. The molecule has 3 aromatic carbocycles. The first-order valence-electron chi connectivity index (χ1n) is 9.33. The second-order valence-corrected chi connectivity index (χ2v) is 9.05. The Morgan fingerprint density at radius 3 is 2.25 bits per heavy atom. The lowest BCUT2D eigenvalue weighted by atomic mass is 9.92. The van der Waals surface area contributed by atoms with Crippen LogP contribution in [0, 0.1) is 0 Å². The Bertz CT molecular complexity index is 1120. The Morgan fingerprint density at radius 1 is 0.969 bits per heavy atom. The van der Waals surface area contributed by atoms with Crippen molar-refractivity contribution in [3.8, 4) is 0 Å². The van der Waals surface area contributed by atoms with Gasteiger partial charge in [0.05, 0.1) is 6.04 Å². The molecule has 1 aliphatic heterocycles. The molecule has 32 heavy (non-hydrogen) atoms. The first-order valence-corrected chi connectivity index (χ1v) is 11.3. The third-order valence-electron chi connectivity index (χ3n) is 4.53. The van der Waals surface area contributed by atoms with Crippen LogP contribution in [-0.4, -0.2) is 11.8 Å². The molecule has 2 amide bonds. The summed E-state index contributed by atoms with van der Waals surface area (Å²) >= 11 is 20.7. The normalized spacial score (nSPS) is 14.4. The van der Waals surface area contributed by atoms with Gasteiger partial charge in [0.2, 0.25) is 0 Å². The molecule has 3 aromatic rings. The summed E-state index contributed by atoms with van der Waals surface area (Å²) in [4.78, 5) is 23.0. The van der Waals surface area contributed by atoms with Crippen LogP contribution < -0.4 is 21.9 Å². The Hall–Kier alpha value is -2.29. The summed E-state index contributed by atoms with van der Waals surface area (Å²) in [7, 11) is 0. The van der Waals surface area contributed by atoms with Crippen LogP contribution in [0.25, 0.3) is 0 Å². The van der Waals surface area contributed by atoms with Gasteiger partial charge in [0.15, 0.2) is 5.78 Å². The molecule has 5 N–H and O–H groups in total. The molecule has 1 atom stereocenters. The topological polar surface area (TPSA) is 96.2 Å². The van der Waals surface area contributed by atoms with Crippen molar-refractivity contribution in [2.75, 3.05) is 10.6 Å². The number of carbonyl (C=O) groups is 2. The summed E-state index contributed by atoms with van der Waals surface area (Å²) in [5.74, 6) is 5.00. The number of amides is 2. The minimum atomic E-state index is -0.529. The van der Waals surface area contributed by atoms with Crippen LogP contribution in [0.5, 0.6) is 0 Å². The number of halogens is 4. The standard InChI is InChI=1S/C15H11BrClNO.C7H7Cl2N3O/c16-10-3-1-9(2-4-10)14-8-15(19)12-7-11(17)5-6-13(12)18-14;8-4-1-5(9)3-6(2-4)11-7(13)12-10/h1-7,14,18H,8H2;1-3H,10H2,(H2,11,12,13). The van der Waals surface area contributed by atoms with Crippen LogP contribution in [0.2, 0.25) is 15.1 Å². The Morgan fingerprint density at radius 2 is 1.62 bits per heavy atom. The summed E-state index contributed by atoms with van der Waals surface area (Å²) in [5.41, 5.74) is 5.05. The second kappa shape index (κ2) is 11.0. The van der Waals surface area contributed by atoms with E-state index in [9.17, 15) is 9.59 Å². The average molecular weight is 557 g/mol. The second-order valence-electron chi connectivity index (χ2n) is 6.82. The minimum absolute atomic E-state index is 0.0225. The molecule has 4 rings (SSSR count). The van der Waals surface area contributed by atoms with Gasteiger partial charge < -0.3 is 10.6 Å². The summed E-state index contributed by atoms with van der Waals surface area (Å²) in [5, 5.41) is 7.31.